The quantitative estimate of drug-likeness (QED) is 0.357. The number of hydrogen-bond donors (Lipinski definition) is 0. The van der Waals surface area contributed by atoms with Gasteiger partial charge in [0.05, 0.1) is 16.9 Å². The molecule has 0 fully saturated rings. The lowest BCUT2D eigenvalue weighted by molar-refractivity contribution is -0.383. The van der Waals surface area contributed by atoms with Gasteiger partial charge >= 0.3 is 5.97 Å². The van der Waals surface area contributed by atoms with Crippen LogP contribution in [0.3, 0.4) is 0 Å². The van der Waals surface area contributed by atoms with Crippen LogP contribution in [0, 0.1) is 10.1 Å². The van der Waals surface area contributed by atoms with E-state index in [1.807, 2.05) is 0 Å². The molecule has 8 heteroatoms. The molecule has 1 aliphatic rings. The summed E-state index contributed by atoms with van der Waals surface area (Å²) in [6.45, 7) is 1.47. The molecule has 0 atom stereocenters. The molecule has 0 bridgehead atoms. The van der Waals surface area contributed by atoms with Gasteiger partial charge in [0.15, 0.2) is 0 Å². The number of nitro benzene ring substituents is 1. The second-order valence-electron chi connectivity index (χ2n) is 5.45. The van der Waals surface area contributed by atoms with E-state index in [4.69, 9.17) is 4.74 Å². The molecular formula is C17H14N2O6. The van der Waals surface area contributed by atoms with Crippen LogP contribution in [-0.2, 0) is 9.53 Å². The molecule has 128 valence electrons. The Morgan fingerprint density at radius 3 is 2.48 bits per heavy atom. The summed E-state index contributed by atoms with van der Waals surface area (Å²) in [5.41, 5.74) is 0.279. The third-order valence-corrected chi connectivity index (χ3v) is 4.03. The molecule has 0 unspecified atom stereocenters. The number of nitrogens with zero attached hydrogens (tertiary/aromatic N) is 2. The minimum atomic E-state index is -0.559. The first kappa shape index (κ1) is 16.6. The molecule has 0 N–H and O–H groups in total. The van der Waals surface area contributed by atoms with Crippen molar-refractivity contribution in [3.05, 3.63) is 51.6 Å². The number of rotatable bonds is 5. The topological polar surface area (TPSA) is 107 Å². The second kappa shape index (κ2) is 6.31. The molecule has 0 saturated heterocycles. The molecule has 25 heavy (non-hydrogen) atoms. The largest absolute Gasteiger partial charge is 0.464 e. The highest BCUT2D eigenvalue weighted by molar-refractivity contribution is 6.26. The summed E-state index contributed by atoms with van der Waals surface area (Å²) < 4.78 is 4.93. The van der Waals surface area contributed by atoms with Crippen molar-refractivity contribution in [1.29, 1.82) is 0 Å². The highest BCUT2D eigenvalue weighted by atomic mass is 16.6. The van der Waals surface area contributed by atoms with Crippen LogP contribution in [0.2, 0.25) is 0 Å². The van der Waals surface area contributed by atoms with Crippen LogP contribution in [0.1, 0.15) is 34.1 Å². The fourth-order valence-electron chi connectivity index (χ4n) is 2.85. The molecule has 0 aliphatic carbocycles. The molecule has 2 aromatic carbocycles. The molecule has 0 spiro atoms. The molecule has 3 rings (SSSR count). The number of carbonyl (C=O) groups is 3. The second-order valence-corrected chi connectivity index (χ2v) is 5.45. The summed E-state index contributed by atoms with van der Waals surface area (Å²) in [6, 6.07) is 7.18. The zero-order valence-corrected chi connectivity index (χ0v) is 13.4. The maximum Gasteiger partial charge on any atom is 0.305 e. The Balaban J connectivity index is 2.02. The first-order chi connectivity index (χ1) is 12.0. The number of imide groups is 1. The van der Waals surface area contributed by atoms with Crippen LogP contribution in [-0.4, -0.2) is 40.8 Å². The fourth-order valence-corrected chi connectivity index (χ4v) is 2.85. The molecular weight excluding hydrogens is 328 g/mol. The molecule has 2 aromatic rings. The van der Waals surface area contributed by atoms with Crippen molar-refractivity contribution >= 4 is 34.2 Å². The van der Waals surface area contributed by atoms with Gasteiger partial charge in [0.25, 0.3) is 17.5 Å². The average Bonchev–Trinajstić information content (AvgIpc) is 2.61. The zero-order chi connectivity index (χ0) is 18.1. The molecule has 8 nitrogen and oxygen atoms in total. The lowest BCUT2D eigenvalue weighted by Crippen LogP contribution is -2.42. The Bertz CT molecular complexity index is 898. The van der Waals surface area contributed by atoms with E-state index in [2.05, 4.69) is 0 Å². The summed E-state index contributed by atoms with van der Waals surface area (Å²) in [4.78, 5) is 48.1. The molecule has 2 amide bonds. The van der Waals surface area contributed by atoms with Gasteiger partial charge in [-0.05, 0) is 18.2 Å². The summed E-state index contributed by atoms with van der Waals surface area (Å²) in [5.74, 6) is -1.54. The highest BCUT2D eigenvalue weighted by Crippen LogP contribution is 2.35. The van der Waals surface area contributed by atoms with Crippen molar-refractivity contribution in [3.8, 4) is 0 Å². The summed E-state index contributed by atoms with van der Waals surface area (Å²) in [7, 11) is 0. The van der Waals surface area contributed by atoms with Crippen LogP contribution in [0.5, 0.6) is 0 Å². The van der Waals surface area contributed by atoms with E-state index in [1.165, 1.54) is 30.3 Å². The van der Waals surface area contributed by atoms with Crippen LogP contribution in [0.25, 0.3) is 10.8 Å². The lowest BCUT2D eigenvalue weighted by Gasteiger charge is -2.26. The van der Waals surface area contributed by atoms with E-state index in [9.17, 15) is 24.5 Å². The van der Waals surface area contributed by atoms with Gasteiger partial charge in [0.1, 0.15) is 6.61 Å². The Morgan fingerprint density at radius 1 is 1.16 bits per heavy atom. The van der Waals surface area contributed by atoms with Crippen molar-refractivity contribution in [2.75, 3.05) is 13.2 Å². The number of hydrogen-bond acceptors (Lipinski definition) is 6. The molecule has 0 aromatic heterocycles. The highest BCUT2D eigenvalue weighted by Gasteiger charge is 2.34. The van der Waals surface area contributed by atoms with E-state index in [-0.39, 0.29) is 47.2 Å². The minimum Gasteiger partial charge on any atom is -0.464 e. The monoisotopic (exact) mass is 342 g/mol. The van der Waals surface area contributed by atoms with Crippen molar-refractivity contribution < 1.29 is 24.0 Å². The van der Waals surface area contributed by atoms with Gasteiger partial charge in [0, 0.05) is 29.0 Å². The van der Waals surface area contributed by atoms with Crippen molar-refractivity contribution in [2.45, 2.75) is 13.3 Å². The summed E-state index contributed by atoms with van der Waals surface area (Å²) >= 11 is 0. The third-order valence-electron chi connectivity index (χ3n) is 4.03. The Labute approximate surface area is 142 Å². The predicted molar refractivity (Wildman–Crippen MR) is 87.2 cm³/mol. The number of benzene rings is 2. The van der Waals surface area contributed by atoms with E-state index in [0.717, 1.165) is 4.90 Å². The SMILES string of the molecule is CCC(=O)OCCN1C(=O)c2cccc3c([N+](=O)[O-])ccc(c23)C1=O. The number of esters is 1. The molecule has 0 saturated carbocycles. The van der Waals surface area contributed by atoms with Crippen LogP contribution in [0.4, 0.5) is 5.69 Å². The lowest BCUT2D eigenvalue weighted by atomic mass is 9.93. The summed E-state index contributed by atoms with van der Waals surface area (Å²) in [5, 5.41) is 11.7. The van der Waals surface area contributed by atoms with Gasteiger partial charge in [-0.1, -0.05) is 13.0 Å². The van der Waals surface area contributed by atoms with Crippen LogP contribution in [0.15, 0.2) is 30.3 Å². The van der Waals surface area contributed by atoms with Crippen LogP contribution >= 0.6 is 0 Å². The minimum absolute atomic E-state index is 0.0732. The standard InChI is InChI=1S/C17H14N2O6/c1-2-14(20)25-9-8-18-16(21)11-5-3-4-10-13(19(23)24)7-6-12(15(10)11)17(18)22/h3-7H,2,8-9H2,1H3. The predicted octanol–water partition coefficient (Wildman–Crippen LogP) is 2.30. The maximum atomic E-state index is 12.6. The van der Waals surface area contributed by atoms with Crippen molar-refractivity contribution in [2.24, 2.45) is 0 Å². The van der Waals surface area contributed by atoms with Gasteiger partial charge in [-0.3, -0.25) is 29.4 Å². The van der Waals surface area contributed by atoms with E-state index >= 15 is 0 Å². The van der Waals surface area contributed by atoms with E-state index < -0.39 is 22.7 Å². The molecule has 1 heterocycles. The third kappa shape index (κ3) is 2.71. The number of amides is 2. The van der Waals surface area contributed by atoms with Gasteiger partial charge in [-0.2, -0.15) is 0 Å². The van der Waals surface area contributed by atoms with Gasteiger partial charge in [-0.15, -0.1) is 0 Å². The van der Waals surface area contributed by atoms with Crippen molar-refractivity contribution in [1.82, 2.24) is 4.90 Å². The average molecular weight is 342 g/mol. The van der Waals surface area contributed by atoms with Gasteiger partial charge in [0.2, 0.25) is 0 Å². The van der Waals surface area contributed by atoms with Crippen molar-refractivity contribution in [3.63, 3.8) is 0 Å². The van der Waals surface area contributed by atoms with Gasteiger partial charge in [-0.25, -0.2) is 0 Å². The van der Waals surface area contributed by atoms with Crippen LogP contribution < -0.4 is 0 Å². The summed E-state index contributed by atoms with van der Waals surface area (Å²) in [6.07, 6.45) is 0.202. The van der Waals surface area contributed by atoms with Gasteiger partial charge < -0.3 is 4.74 Å². The first-order valence-electron chi connectivity index (χ1n) is 7.67. The van der Waals surface area contributed by atoms with E-state index in [0.29, 0.717) is 0 Å². The smallest absolute Gasteiger partial charge is 0.305 e. The number of non-ortho nitro benzene ring substituents is 1. The first-order valence-corrected chi connectivity index (χ1v) is 7.67. The molecule has 0 radical (unpaired) electrons. The Kier molecular flexibility index (Phi) is 4.18. The Hall–Kier alpha value is -3.29. The number of carbonyl (C=O) groups excluding carboxylic acids is 3. The maximum absolute atomic E-state index is 12.6. The fraction of sp³-hybridized carbons (Fsp3) is 0.235. The Morgan fingerprint density at radius 2 is 1.84 bits per heavy atom. The number of nitro groups is 1. The number of ether oxygens (including phenoxy) is 1. The normalized spacial score (nSPS) is 13.2. The van der Waals surface area contributed by atoms with E-state index in [1.54, 1.807) is 6.92 Å². The zero-order valence-electron chi connectivity index (χ0n) is 13.4. The molecule has 1 aliphatic heterocycles.